The summed E-state index contributed by atoms with van der Waals surface area (Å²) in [7, 11) is 4.36. The first kappa shape index (κ1) is 37.0. The van der Waals surface area contributed by atoms with E-state index < -0.39 is 47.9 Å². The third-order valence-corrected chi connectivity index (χ3v) is 8.56. The van der Waals surface area contributed by atoms with Crippen molar-refractivity contribution in [2.45, 2.75) is 84.5 Å². The van der Waals surface area contributed by atoms with E-state index in [0.717, 1.165) is 11.1 Å². The molecule has 2 N–H and O–H groups in total. The Morgan fingerprint density at radius 2 is 1.09 bits per heavy atom. The normalized spacial score (nSPS) is 14.9. The highest BCUT2D eigenvalue weighted by atomic mass is 16.5. The lowest BCUT2D eigenvalue weighted by atomic mass is 9.94. The Balaban J connectivity index is 2.45. The van der Waals surface area contributed by atoms with Crippen LogP contribution in [0.4, 0.5) is 0 Å². The summed E-state index contributed by atoms with van der Waals surface area (Å²) in [5.74, 6) is -2.71. The molecule has 0 aliphatic carbocycles. The molecule has 0 fully saturated rings. The minimum absolute atomic E-state index is 0.174. The average Bonchev–Trinajstić information content (AvgIpc) is 3.05. The lowest BCUT2D eigenvalue weighted by molar-refractivity contribution is -0.153. The zero-order chi connectivity index (χ0) is 33.7. The minimum atomic E-state index is -0.981. The molecular weight excluding hydrogens is 572 g/mol. The number of ether oxygens (including phenoxy) is 1. The monoisotopic (exact) mass is 622 g/mol. The van der Waals surface area contributed by atoms with Crippen molar-refractivity contribution in [2.75, 3.05) is 21.2 Å². The first-order chi connectivity index (χ1) is 21.4. The third-order valence-electron chi connectivity index (χ3n) is 8.56. The Bertz CT molecular complexity index is 1270. The van der Waals surface area contributed by atoms with Gasteiger partial charge in [-0.25, -0.2) is 4.79 Å². The van der Waals surface area contributed by atoms with Gasteiger partial charge in [0.1, 0.15) is 24.2 Å². The number of carbonyl (C=O) groups excluding carboxylic acids is 5. The number of hydrogen-bond acceptors (Lipinski definition) is 6. The molecule has 4 amide bonds. The van der Waals surface area contributed by atoms with Crippen LogP contribution in [0.15, 0.2) is 60.7 Å². The van der Waals surface area contributed by atoms with Gasteiger partial charge in [0.15, 0.2) is 0 Å². The molecule has 0 radical (unpaired) electrons. The van der Waals surface area contributed by atoms with Crippen molar-refractivity contribution in [3.05, 3.63) is 71.8 Å². The SMILES string of the molecule is CC[C@H](C)[C@H](NC(C)=O)C(=O)N(C)[C@@H](Cc1ccccc1)C(=O)N[C@H](C(=O)N(C)[C@@H](Cc1ccccc1)C(=O)OC)[C@@H](C)CC. The highest BCUT2D eigenvalue weighted by Gasteiger charge is 2.39. The number of likely N-dealkylation sites (N-methyl/N-ethyl adjacent to an activating group) is 2. The molecule has 0 heterocycles. The number of amides is 4. The van der Waals surface area contributed by atoms with Crippen LogP contribution < -0.4 is 10.6 Å². The number of benzene rings is 2. The van der Waals surface area contributed by atoms with Gasteiger partial charge in [-0.2, -0.15) is 0 Å². The molecule has 2 rings (SSSR count). The molecule has 0 saturated carbocycles. The molecule has 2 aromatic rings. The largest absolute Gasteiger partial charge is 0.467 e. The highest BCUT2D eigenvalue weighted by molar-refractivity contribution is 5.95. The van der Waals surface area contributed by atoms with E-state index in [4.69, 9.17) is 4.74 Å². The second-order valence-electron chi connectivity index (χ2n) is 11.8. The Labute approximate surface area is 267 Å². The fourth-order valence-corrected chi connectivity index (χ4v) is 5.18. The van der Waals surface area contributed by atoms with Gasteiger partial charge in [0, 0.05) is 33.9 Å². The molecule has 0 aromatic heterocycles. The van der Waals surface area contributed by atoms with Crippen LogP contribution in [0.3, 0.4) is 0 Å². The van der Waals surface area contributed by atoms with Crippen LogP contribution in [0.1, 0.15) is 58.6 Å². The van der Waals surface area contributed by atoms with E-state index in [-0.39, 0.29) is 30.6 Å². The molecule has 246 valence electrons. The van der Waals surface area contributed by atoms with Gasteiger partial charge in [-0.1, -0.05) is 101 Å². The quantitative estimate of drug-likeness (QED) is 0.277. The lowest BCUT2D eigenvalue weighted by Gasteiger charge is -2.36. The number of rotatable bonds is 16. The Morgan fingerprint density at radius 3 is 1.49 bits per heavy atom. The summed E-state index contributed by atoms with van der Waals surface area (Å²) >= 11 is 0. The van der Waals surface area contributed by atoms with Gasteiger partial charge in [-0.3, -0.25) is 19.2 Å². The molecule has 0 spiro atoms. The minimum Gasteiger partial charge on any atom is -0.467 e. The summed E-state index contributed by atoms with van der Waals surface area (Å²) in [5.41, 5.74) is 1.68. The summed E-state index contributed by atoms with van der Waals surface area (Å²) in [6.45, 7) is 8.94. The molecule has 10 nitrogen and oxygen atoms in total. The van der Waals surface area contributed by atoms with E-state index in [1.54, 1.807) is 7.05 Å². The number of nitrogens with zero attached hydrogens (tertiary/aromatic N) is 2. The van der Waals surface area contributed by atoms with Crippen molar-refractivity contribution in [3.63, 3.8) is 0 Å². The van der Waals surface area contributed by atoms with Gasteiger partial charge in [-0.05, 0) is 23.0 Å². The van der Waals surface area contributed by atoms with E-state index >= 15 is 0 Å². The Kier molecular flexibility index (Phi) is 14.7. The average molecular weight is 623 g/mol. The summed E-state index contributed by atoms with van der Waals surface area (Å²) in [6, 6.07) is 15.0. The first-order valence-electron chi connectivity index (χ1n) is 15.6. The zero-order valence-corrected chi connectivity index (χ0v) is 27.9. The van der Waals surface area contributed by atoms with Crippen LogP contribution in [0.2, 0.25) is 0 Å². The van der Waals surface area contributed by atoms with Crippen LogP contribution in [-0.4, -0.2) is 84.8 Å². The Hall–Kier alpha value is -4.21. The van der Waals surface area contributed by atoms with E-state index in [1.165, 1.54) is 30.9 Å². The molecule has 0 saturated heterocycles. The van der Waals surface area contributed by atoms with E-state index in [9.17, 15) is 24.0 Å². The number of hydrogen-bond donors (Lipinski definition) is 2. The predicted molar refractivity (Wildman–Crippen MR) is 174 cm³/mol. The lowest BCUT2D eigenvalue weighted by Crippen LogP contribution is -2.60. The molecule has 0 bridgehead atoms. The fourth-order valence-electron chi connectivity index (χ4n) is 5.18. The van der Waals surface area contributed by atoms with Crippen LogP contribution in [0.25, 0.3) is 0 Å². The van der Waals surface area contributed by atoms with Gasteiger partial charge < -0.3 is 25.2 Å². The topological polar surface area (TPSA) is 125 Å². The van der Waals surface area contributed by atoms with Gasteiger partial charge in [0.2, 0.25) is 23.6 Å². The van der Waals surface area contributed by atoms with Crippen LogP contribution in [0, 0.1) is 11.8 Å². The van der Waals surface area contributed by atoms with Crippen LogP contribution >= 0.6 is 0 Å². The van der Waals surface area contributed by atoms with Gasteiger partial charge in [0.05, 0.1) is 7.11 Å². The summed E-state index contributed by atoms with van der Waals surface area (Å²) in [4.78, 5) is 69.6. The number of methoxy groups -OCH3 is 1. The maximum atomic E-state index is 14.1. The van der Waals surface area contributed by atoms with Crippen molar-refractivity contribution < 1.29 is 28.7 Å². The Morgan fingerprint density at radius 1 is 0.689 bits per heavy atom. The number of carbonyl (C=O) groups is 5. The summed E-state index contributed by atoms with van der Waals surface area (Å²) in [6.07, 6.45) is 1.65. The molecule has 2 aromatic carbocycles. The molecule has 10 heteroatoms. The maximum absolute atomic E-state index is 14.1. The van der Waals surface area contributed by atoms with Crippen molar-refractivity contribution in [1.29, 1.82) is 0 Å². The van der Waals surface area contributed by atoms with E-state index in [2.05, 4.69) is 10.6 Å². The van der Waals surface area contributed by atoms with E-state index in [1.807, 2.05) is 88.4 Å². The molecule has 0 aliphatic rings. The van der Waals surface area contributed by atoms with Crippen molar-refractivity contribution in [2.24, 2.45) is 11.8 Å². The van der Waals surface area contributed by atoms with Gasteiger partial charge >= 0.3 is 5.97 Å². The molecule has 45 heavy (non-hydrogen) atoms. The summed E-state index contributed by atoms with van der Waals surface area (Å²) in [5, 5.41) is 5.69. The third kappa shape index (κ3) is 10.4. The summed E-state index contributed by atoms with van der Waals surface area (Å²) < 4.78 is 5.05. The molecular formula is C35H50N4O6. The molecule has 0 unspecified atom stereocenters. The van der Waals surface area contributed by atoms with Crippen LogP contribution in [-0.2, 0) is 41.6 Å². The van der Waals surface area contributed by atoms with Gasteiger partial charge in [-0.15, -0.1) is 0 Å². The molecule has 0 aliphatic heterocycles. The second-order valence-corrected chi connectivity index (χ2v) is 11.8. The molecule has 6 atom stereocenters. The predicted octanol–water partition coefficient (Wildman–Crippen LogP) is 3.38. The van der Waals surface area contributed by atoms with Crippen molar-refractivity contribution in [3.8, 4) is 0 Å². The number of nitrogens with one attached hydrogen (secondary N) is 2. The smallest absolute Gasteiger partial charge is 0.328 e. The standard InChI is InChI=1S/C35H50N4O6/c1-9-23(3)30(36-25(5)40)33(42)38(6)28(21-26-17-13-11-14-18-26)32(41)37-31(24(4)10-2)34(43)39(7)29(35(44)45-8)22-27-19-15-12-16-20-27/h11-20,23-24,28-31H,9-10,21-22H2,1-8H3,(H,36,40)(H,37,41)/t23-,24-,28-,29-,30-,31-/m0/s1. The van der Waals surface area contributed by atoms with E-state index in [0.29, 0.717) is 12.8 Å². The highest BCUT2D eigenvalue weighted by Crippen LogP contribution is 2.19. The van der Waals surface area contributed by atoms with Crippen molar-refractivity contribution in [1.82, 2.24) is 20.4 Å². The first-order valence-corrected chi connectivity index (χ1v) is 15.6. The van der Waals surface area contributed by atoms with Crippen LogP contribution in [0.5, 0.6) is 0 Å². The fraction of sp³-hybridized carbons (Fsp3) is 0.514. The maximum Gasteiger partial charge on any atom is 0.328 e. The second kappa shape index (κ2) is 17.9. The zero-order valence-electron chi connectivity index (χ0n) is 27.9. The number of esters is 1. The van der Waals surface area contributed by atoms with Crippen molar-refractivity contribution >= 4 is 29.6 Å². The van der Waals surface area contributed by atoms with Gasteiger partial charge in [0.25, 0.3) is 0 Å².